The van der Waals surface area contributed by atoms with Gasteiger partial charge in [0.25, 0.3) is 0 Å². The number of methoxy groups -OCH3 is 1. The third-order valence-corrected chi connectivity index (χ3v) is 3.28. The van der Waals surface area contributed by atoms with Crippen molar-refractivity contribution in [2.75, 3.05) is 7.11 Å². The molecule has 4 heteroatoms. The Morgan fingerprint density at radius 1 is 1.14 bits per heavy atom. The van der Waals surface area contributed by atoms with E-state index in [-0.39, 0.29) is 5.78 Å². The fourth-order valence-corrected chi connectivity index (χ4v) is 2.22. The molecule has 21 heavy (non-hydrogen) atoms. The molecule has 3 aromatic rings. The molecule has 0 aliphatic rings. The summed E-state index contributed by atoms with van der Waals surface area (Å²) in [7, 11) is 1.62. The van der Waals surface area contributed by atoms with Crippen molar-refractivity contribution in [3.8, 4) is 16.9 Å². The van der Waals surface area contributed by atoms with Crippen LogP contribution >= 0.6 is 0 Å². The van der Waals surface area contributed by atoms with Crippen molar-refractivity contribution in [3.63, 3.8) is 0 Å². The molecule has 1 heterocycles. The maximum absolute atomic E-state index is 12.4. The zero-order chi connectivity index (χ0) is 14.7. The number of nitrogens with zero attached hydrogens (tertiary/aromatic N) is 1. The smallest absolute Gasteiger partial charge is 0.212 e. The van der Waals surface area contributed by atoms with Gasteiger partial charge in [0.05, 0.1) is 13.4 Å². The third-order valence-electron chi connectivity index (χ3n) is 3.28. The van der Waals surface area contributed by atoms with Crippen LogP contribution in [0.1, 0.15) is 16.1 Å². The number of hydrogen-bond acceptors (Lipinski definition) is 3. The summed E-state index contributed by atoms with van der Waals surface area (Å²) in [5.41, 5.74) is 2.88. The maximum Gasteiger partial charge on any atom is 0.212 e. The van der Waals surface area contributed by atoms with Gasteiger partial charge < -0.3 is 9.72 Å². The number of ether oxygens (including phenoxy) is 1. The molecule has 0 saturated heterocycles. The van der Waals surface area contributed by atoms with Crippen LogP contribution in [0.5, 0.6) is 5.75 Å². The third kappa shape index (κ3) is 2.56. The van der Waals surface area contributed by atoms with E-state index in [1.54, 1.807) is 19.4 Å². The minimum Gasteiger partial charge on any atom is -0.496 e. The molecule has 0 atom stereocenters. The molecule has 0 amide bonds. The number of ketones is 1. The van der Waals surface area contributed by atoms with Crippen molar-refractivity contribution in [1.82, 2.24) is 9.97 Å². The standard InChI is InChI=1S/C17H14N2O2/c1-21-16-8-7-13(17(20)15-10-18-11-19-15)9-14(16)12-5-3-2-4-6-12/h2-11H,1H3,(H,18,19). The molecule has 0 spiro atoms. The van der Waals surface area contributed by atoms with E-state index < -0.39 is 0 Å². The number of aromatic amines is 1. The first-order valence-electron chi connectivity index (χ1n) is 6.56. The van der Waals surface area contributed by atoms with Gasteiger partial charge in [0.15, 0.2) is 0 Å². The Kier molecular flexibility index (Phi) is 3.51. The number of aromatic nitrogens is 2. The average Bonchev–Trinajstić information content (AvgIpc) is 3.09. The SMILES string of the molecule is COc1ccc(C(=O)c2c[nH]cn2)cc1-c1ccccc1. The van der Waals surface area contributed by atoms with Gasteiger partial charge in [0.1, 0.15) is 11.4 Å². The van der Waals surface area contributed by atoms with Crippen molar-refractivity contribution in [3.05, 3.63) is 72.3 Å². The highest BCUT2D eigenvalue weighted by Crippen LogP contribution is 2.31. The van der Waals surface area contributed by atoms with E-state index in [1.165, 1.54) is 6.33 Å². The monoisotopic (exact) mass is 278 g/mol. The van der Waals surface area contributed by atoms with Crippen LogP contribution in [0.2, 0.25) is 0 Å². The zero-order valence-corrected chi connectivity index (χ0v) is 11.5. The minimum atomic E-state index is -0.115. The topological polar surface area (TPSA) is 55.0 Å². The van der Waals surface area contributed by atoms with E-state index >= 15 is 0 Å². The van der Waals surface area contributed by atoms with E-state index in [9.17, 15) is 4.79 Å². The maximum atomic E-state index is 12.4. The van der Waals surface area contributed by atoms with E-state index in [4.69, 9.17) is 4.74 Å². The number of nitrogens with one attached hydrogen (secondary N) is 1. The molecule has 0 fully saturated rings. The highest BCUT2D eigenvalue weighted by Gasteiger charge is 2.14. The van der Waals surface area contributed by atoms with Crippen LogP contribution in [0.3, 0.4) is 0 Å². The van der Waals surface area contributed by atoms with E-state index in [1.807, 2.05) is 42.5 Å². The first-order chi connectivity index (χ1) is 10.3. The quantitative estimate of drug-likeness (QED) is 0.745. The van der Waals surface area contributed by atoms with Gasteiger partial charge in [-0.05, 0) is 23.8 Å². The molecule has 4 nitrogen and oxygen atoms in total. The Morgan fingerprint density at radius 2 is 1.95 bits per heavy atom. The second-order valence-corrected chi connectivity index (χ2v) is 4.56. The van der Waals surface area contributed by atoms with Crippen molar-refractivity contribution >= 4 is 5.78 Å². The van der Waals surface area contributed by atoms with Crippen molar-refractivity contribution in [2.45, 2.75) is 0 Å². The molecule has 0 radical (unpaired) electrons. The van der Waals surface area contributed by atoms with Crippen LogP contribution < -0.4 is 4.74 Å². The molecule has 0 saturated carbocycles. The predicted molar refractivity (Wildman–Crippen MR) is 80.5 cm³/mol. The van der Waals surface area contributed by atoms with Crippen LogP contribution in [-0.2, 0) is 0 Å². The summed E-state index contributed by atoms with van der Waals surface area (Å²) >= 11 is 0. The minimum absolute atomic E-state index is 0.115. The second-order valence-electron chi connectivity index (χ2n) is 4.56. The fourth-order valence-electron chi connectivity index (χ4n) is 2.22. The van der Waals surface area contributed by atoms with E-state index in [2.05, 4.69) is 9.97 Å². The van der Waals surface area contributed by atoms with Gasteiger partial charge in [-0.25, -0.2) is 4.98 Å². The number of hydrogen-bond donors (Lipinski definition) is 1. The summed E-state index contributed by atoms with van der Waals surface area (Å²) in [4.78, 5) is 19.2. The number of carbonyl (C=O) groups excluding carboxylic acids is 1. The Bertz CT molecular complexity index is 750. The second kappa shape index (κ2) is 5.63. The molecular weight excluding hydrogens is 264 g/mol. The summed E-state index contributed by atoms with van der Waals surface area (Å²) < 4.78 is 5.39. The summed E-state index contributed by atoms with van der Waals surface area (Å²) in [6.07, 6.45) is 3.09. The number of carbonyl (C=O) groups is 1. The Balaban J connectivity index is 2.07. The van der Waals surface area contributed by atoms with Gasteiger partial charge in [-0.3, -0.25) is 4.79 Å². The molecule has 2 aromatic carbocycles. The highest BCUT2D eigenvalue weighted by molar-refractivity contribution is 6.08. The number of H-pyrrole nitrogens is 1. The molecule has 104 valence electrons. The van der Waals surface area contributed by atoms with Crippen molar-refractivity contribution in [1.29, 1.82) is 0 Å². The normalized spacial score (nSPS) is 10.3. The highest BCUT2D eigenvalue weighted by atomic mass is 16.5. The first kappa shape index (κ1) is 13.1. The van der Waals surface area contributed by atoms with Crippen LogP contribution in [-0.4, -0.2) is 22.9 Å². The fraction of sp³-hybridized carbons (Fsp3) is 0.0588. The lowest BCUT2D eigenvalue weighted by atomic mass is 9.99. The van der Waals surface area contributed by atoms with Gasteiger partial charge >= 0.3 is 0 Å². The summed E-state index contributed by atoms with van der Waals surface area (Å²) in [6, 6.07) is 15.2. The van der Waals surface area contributed by atoms with Crippen LogP contribution in [0.15, 0.2) is 61.1 Å². The zero-order valence-electron chi connectivity index (χ0n) is 11.5. The molecule has 0 aliphatic heterocycles. The van der Waals surface area contributed by atoms with Gasteiger partial charge in [-0.2, -0.15) is 0 Å². The summed E-state index contributed by atoms with van der Waals surface area (Å²) in [5, 5.41) is 0. The Hall–Kier alpha value is -2.88. The van der Waals surface area contributed by atoms with Gasteiger partial charge in [0.2, 0.25) is 5.78 Å². The Labute approximate surface area is 122 Å². The van der Waals surface area contributed by atoms with Gasteiger partial charge in [-0.1, -0.05) is 30.3 Å². The molecule has 0 unspecified atom stereocenters. The number of benzene rings is 2. The lowest BCUT2D eigenvalue weighted by Crippen LogP contribution is -2.02. The first-order valence-corrected chi connectivity index (χ1v) is 6.56. The van der Waals surface area contributed by atoms with E-state index in [0.717, 1.165) is 16.9 Å². The lowest BCUT2D eigenvalue weighted by molar-refractivity contribution is 0.103. The van der Waals surface area contributed by atoms with E-state index in [0.29, 0.717) is 11.3 Å². The lowest BCUT2D eigenvalue weighted by Gasteiger charge is -2.10. The predicted octanol–water partition coefficient (Wildman–Crippen LogP) is 3.32. The molecule has 3 rings (SSSR count). The van der Waals surface area contributed by atoms with Gasteiger partial charge in [-0.15, -0.1) is 0 Å². The van der Waals surface area contributed by atoms with Crippen LogP contribution in [0.25, 0.3) is 11.1 Å². The molecule has 1 N–H and O–H groups in total. The van der Waals surface area contributed by atoms with Crippen LogP contribution in [0.4, 0.5) is 0 Å². The summed E-state index contributed by atoms with van der Waals surface area (Å²) in [6.45, 7) is 0. The molecular formula is C17H14N2O2. The molecule has 1 aromatic heterocycles. The Morgan fingerprint density at radius 3 is 2.62 bits per heavy atom. The molecule has 0 bridgehead atoms. The number of rotatable bonds is 4. The van der Waals surface area contributed by atoms with Gasteiger partial charge in [0, 0.05) is 17.3 Å². The van der Waals surface area contributed by atoms with Crippen molar-refractivity contribution in [2.24, 2.45) is 0 Å². The summed E-state index contributed by atoms with van der Waals surface area (Å²) in [5.74, 6) is 0.621. The molecule has 0 aliphatic carbocycles. The van der Waals surface area contributed by atoms with Crippen molar-refractivity contribution < 1.29 is 9.53 Å². The largest absolute Gasteiger partial charge is 0.496 e. The number of imidazole rings is 1. The average molecular weight is 278 g/mol. The van der Waals surface area contributed by atoms with Crippen LogP contribution in [0, 0.1) is 0 Å².